The Balaban J connectivity index is 3.00. The van der Waals surface area contributed by atoms with E-state index in [0.717, 1.165) is 0 Å². The fraction of sp³-hybridized carbons (Fsp3) is 0.636. The molecule has 0 aliphatic rings. The van der Waals surface area contributed by atoms with Crippen molar-refractivity contribution in [2.24, 2.45) is 0 Å². The van der Waals surface area contributed by atoms with Gasteiger partial charge in [-0.25, -0.2) is 0 Å². The average Bonchev–Trinajstić information content (AvgIpc) is 2.28. The molecular formula is C11H16ClN5O. The standard InChI is InChI=1S/C11H16ClN5O/c1-4-18-11-15-9(12)14-10(16-11)17(8(2)3)7-5-6-13/h8H,4-5,7H2,1-3H3. The number of halogens is 1. The van der Waals surface area contributed by atoms with Crippen molar-refractivity contribution in [2.75, 3.05) is 18.1 Å². The van der Waals surface area contributed by atoms with E-state index in [1.807, 2.05) is 25.7 Å². The van der Waals surface area contributed by atoms with Gasteiger partial charge in [0.15, 0.2) is 0 Å². The minimum Gasteiger partial charge on any atom is -0.464 e. The van der Waals surface area contributed by atoms with Crippen molar-refractivity contribution in [3.8, 4) is 12.1 Å². The van der Waals surface area contributed by atoms with Gasteiger partial charge < -0.3 is 9.64 Å². The highest BCUT2D eigenvalue weighted by molar-refractivity contribution is 6.28. The van der Waals surface area contributed by atoms with Crippen LogP contribution < -0.4 is 9.64 Å². The van der Waals surface area contributed by atoms with Gasteiger partial charge in [0.1, 0.15) is 0 Å². The van der Waals surface area contributed by atoms with Crippen LogP contribution in [0.4, 0.5) is 5.95 Å². The van der Waals surface area contributed by atoms with Crippen LogP contribution in [0.2, 0.25) is 5.28 Å². The number of hydrogen-bond acceptors (Lipinski definition) is 6. The van der Waals surface area contributed by atoms with Crippen LogP contribution >= 0.6 is 11.6 Å². The van der Waals surface area contributed by atoms with Gasteiger partial charge in [0.25, 0.3) is 0 Å². The number of nitriles is 1. The second-order valence-corrected chi connectivity index (χ2v) is 4.15. The highest BCUT2D eigenvalue weighted by atomic mass is 35.5. The molecule has 1 aromatic heterocycles. The number of aromatic nitrogens is 3. The Kier molecular flexibility index (Phi) is 5.59. The van der Waals surface area contributed by atoms with E-state index < -0.39 is 0 Å². The summed E-state index contributed by atoms with van der Waals surface area (Å²) in [5.41, 5.74) is 0. The molecule has 0 aliphatic heterocycles. The van der Waals surface area contributed by atoms with Crippen molar-refractivity contribution < 1.29 is 4.74 Å². The number of anilines is 1. The summed E-state index contributed by atoms with van der Waals surface area (Å²) < 4.78 is 5.22. The second-order valence-electron chi connectivity index (χ2n) is 3.82. The van der Waals surface area contributed by atoms with Crippen molar-refractivity contribution in [3.63, 3.8) is 0 Å². The van der Waals surface area contributed by atoms with E-state index in [4.69, 9.17) is 21.6 Å². The highest BCUT2D eigenvalue weighted by Gasteiger charge is 2.16. The fourth-order valence-corrected chi connectivity index (χ4v) is 1.55. The maximum Gasteiger partial charge on any atom is 0.322 e. The van der Waals surface area contributed by atoms with Crippen LogP contribution in [0.25, 0.3) is 0 Å². The normalized spacial score (nSPS) is 10.2. The van der Waals surface area contributed by atoms with Gasteiger partial charge in [-0.15, -0.1) is 0 Å². The second kappa shape index (κ2) is 6.97. The first-order valence-corrected chi connectivity index (χ1v) is 6.14. The highest BCUT2D eigenvalue weighted by Crippen LogP contribution is 2.17. The zero-order valence-corrected chi connectivity index (χ0v) is 11.5. The predicted octanol–water partition coefficient (Wildman–Crippen LogP) is 2.05. The van der Waals surface area contributed by atoms with Crippen LogP contribution in [0, 0.1) is 11.3 Å². The predicted molar refractivity (Wildman–Crippen MR) is 68.7 cm³/mol. The maximum atomic E-state index is 8.66. The molecule has 0 bridgehead atoms. The summed E-state index contributed by atoms with van der Waals surface area (Å²) in [6.07, 6.45) is 0.394. The summed E-state index contributed by atoms with van der Waals surface area (Å²) in [6, 6.07) is 2.46. The van der Waals surface area contributed by atoms with Gasteiger partial charge in [-0.3, -0.25) is 0 Å². The zero-order valence-electron chi connectivity index (χ0n) is 10.7. The van der Waals surface area contributed by atoms with E-state index in [1.54, 1.807) is 0 Å². The Bertz CT molecular complexity index is 432. The van der Waals surface area contributed by atoms with Gasteiger partial charge in [-0.2, -0.15) is 20.2 Å². The van der Waals surface area contributed by atoms with Gasteiger partial charge >= 0.3 is 6.01 Å². The maximum absolute atomic E-state index is 8.66. The van der Waals surface area contributed by atoms with Crippen LogP contribution in [-0.2, 0) is 0 Å². The van der Waals surface area contributed by atoms with Gasteiger partial charge in [0.2, 0.25) is 11.2 Å². The molecule has 0 aromatic carbocycles. The third-order valence-electron chi connectivity index (χ3n) is 2.19. The first-order chi connectivity index (χ1) is 8.58. The lowest BCUT2D eigenvalue weighted by Gasteiger charge is -2.25. The lowest BCUT2D eigenvalue weighted by atomic mass is 10.3. The van der Waals surface area contributed by atoms with Gasteiger partial charge in [-0.1, -0.05) is 0 Å². The SMILES string of the molecule is CCOc1nc(Cl)nc(N(CCC#N)C(C)C)n1. The Morgan fingerprint density at radius 3 is 2.67 bits per heavy atom. The van der Waals surface area contributed by atoms with Crippen molar-refractivity contribution in [1.82, 2.24) is 15.0 Å². The molecule has 0 saturated heterocycles. The molecule has 0 spiro atoms. The van der Waals surface area contributed by atoms with E-state index in [1.165, 1.54) is 0 Å². The monoisotopic (exact) mass is 269 g/mol. The Labute approximate surface area is 112 Å². The lowest BCUT2D eigenvalue weighted by molar-refractivity contribution is 0.311. The van der Waals surface area contributed by atoms with E-state index in [-0.39, 0.29) is 17.3 Å². The molecule has 1 aromatic rings. The zero-order chi connectivity index (χ0) is 13.5. The van der Waals surface area contributed by atoms with Crippen LogP contribution in [0.1, 0.15) is 27.2 Å². The largest absolute Gasteiger partial charge is 0.464 e. The molecule has 6 nitrogen and oxygen atoms in total. The summed E-state index contributed by atoms with van der Waals surface area (Å²) in [6.45, 7) is 6.83. The number of nitrogens with zero attached hydrogens (tertiary/aromatic N) is 5. The Hall–Kier alpha value is -1.61. The molecule has 0 atom stereocenters. The summed E-state index contributed by atoms with van der Waals surface area (Å²) in [7, 11) is 0. The summed E-state index contributed by atoms with van der Waals surface area (Å²) in [4.78, 5) is 14.0. The summed E-state index contributed by atoms with van der Waals surface area (Å²) in [5, 5.41) is 8.75. The van der Waals surface area contributed by atoms with Crippen molar-refractivity contribution >= 4 is 17.5 Å². The third kappa shape index (κ3) is 4.00. The molecule has 0 amide bonds. The van der Waals surface area contributed by atoms with Crippen LogP contribution in [-0.4, -0.2) is 34.1 Å². The molecule has 1 rings (SSSR count). The number of rotatable bonds is 6. The van der Waals surface area contributed by atoms with Gasteiger partial charge in [-0.05, 0) is 32.4 Å². The topological polar surface area (TPSA) is 74.9 Å². The molecule has 98 valence electrons. The first kappa shape index (κ1) is 14.5. The number of hydrogen-bond donors (Lipinski definition) is 0. The molecule has 0 radical (unpaired) electrons. The van der Waals surface area contributed by atoms with Crippen molar-refractivity contribution in [2.45, 2.75) is 33.2 Å². The molecule has 0 aliphatic carbocycles. The molecule has 0 saturated carbocycles. The van der Waals surface area contributed by atoms with Crippen molar-refractivity contribution in [1.29, 1.82) is 5.26 Å². The van der Waals surface area contributed by atoms with E-state index in [2.05, 4.69) is 21.0 Å². The van der Waals surface area contributed by atoms with E-state index >= 15 is 0 Å². The molecule has 0 unspecified atom stereocenters. The molecule has 7 heteroatoms. The Morgan fingerprint density at radius 2 is 2.11 bits per heavy atom. The third-order valence-corrected chi connectivity index (χ3v) is 2.36. The number of ether oxygens (including phenoxy) is 1. The van der Waals surface area contributed by atoms with Gasteiger partial charge in [0.05, 0.1) is 19.1 Å². The molecule has 1 heterocycles. The lowest BCUT2D eigenvalue weighted by Crippen LogP contribution is -2.33. The minimum atomic E-state index is 0.0889. The minimum absolute atomic E-state index is 0.0889. The summed E-state index contributed by atoms with van der Waals surface area (Å²) in [5.74, 6) is 0.434. The summed E-state index contributed by atoms with van der Waals surface area (Å²) >= 11 is 5.83. The fourth-order valence-electron chi connectivity index (χ4n) is 1.40. The van der Waals surface area contributed by atoms with E-state index in [9.17, 15) is 0 Å². The molecular weight excluding hydrogens is 254 g/mol. The van der Waals surface area contributed by atoms with Crippen LogP contribution in [0.15, 0.2) is 0 Å². The van der Waals surface area contributed by atoms with Gasteiger partial charge in [0, 0.05) is 12.6 Å². The van der Waals surface area contributed by atoms with Crippen LogP contribution in [0.5, 0.6) is 6.01 Å². The van der Waals surface area contributed by atoms with Crippen LogP contribution in [0.3, 0.4) is 0 Å². The molecule has 0 fully saturated rings. The van der Waals surface area contributed by atoms with Crippen molar-refractivity contribution in [3.05, 3.63) is 5.28 Å². The molecule has 0 N–H and O–H groups in total. The smallest absolute Gasteiger partial charge is 0.322 e. The van der Waals surface area contributed by atoms with E-state index in [0.29, 0.717) is 25.5 Å². The Morgan fingerprint density at radius 1 is 1.39 bits per heavy atom. The molecule has 18 heavy (non-hydrogen) atoms. The quantitative estimate of drug-likeness (QED) is 0.787. The average molecular weight is 270 g/mol. The first-order valence-electron chi connectivity index (χ1n) is 5.76.